The predicted octanol–water partition coefficient (Wildman–Crippen LogP) is 1.57. The number of aromatic nitrogens is 1. The molecule has 21 heavy (non-hydrogen) atoms. The minimum absolute atomic E-state index is 0.0380. The molecule has 1 aromatic heterocycles. The Balaban J connectivity index is 2.09. The first-order valence-electron chi connectivity index (χ1n) is 6.82. The number of hydrogen-bond donors (Lipinski definition) is 1. The molecule has 1 saturated heterocycles. The topological polar surface area (TPSA) is 62.7 Å². The summed E-state index contributed by atoms with van der Waals surface area (Å²) >= 11 is 0. The number of aliphatic hydroxyl groups is 1. The van der Waals surface area contributed by atoms with E-state index in [-0.39, 0.29) is 23.3 Å². The van der Waals surface area contributed by atoms with Gasteiger partial charge in [-0.05, 0) is 25.5 Å². The summed E-state index contributed by atoms with van der Waals surface area (Å²) < 4.78 is 29.3. The fourth-order valence-electron chi connectivity index (χ4n) is 2.35. The van der Waals surface area contributed by atoms with Crippen LogP contribution >= 0.6 is 0 Å². The van der Waals surface area contributed by atoms with Crippen LogP contribution in [0.3, 0.4) is 0 Å². The van der Waals surface area contributed by atoms with E-state index >= 15 is 0 Å². The highest BCUT2D eigenvalue weighted by molar-refractivity contribution is 5.96. The Morgan fingerprint density at radius 2 is 2.38 bits per heavy atom. The molecule has 5 nitrogen and oxygen atoms in total. The third-order valence-electron chi connectivity index (χ3n) is 3.54. The van der Waals surface area contributed by atoms with Crippen molar-refractivity contribution in [3.05, 3.63) is 23.9 Å². The minimum Gasteiger partial charge on any atom is -0.471 e. The molecule has 1 amide bonds. The summed E-state index contributed by atoms with van der Waals surface area (Å²) in [6, 6.07) is 3.07. The van der Waals surface area contributed by atoms with Gasteiger partial charge in [0.25, 0.3) is 12.3 Å². The van der Waals surface area contributed by atoms with Crippen LogP contribution in [0.5, 0.6) is 5.88 Å². The van der Waals surface area contributed by atoms with Crippen molar-refractivity contribution in [2.75, 3.05) is 19.7 Å². The highest BCUT2D eigenvalue weighted by Gasteiger charge is 2.31. The molecule has 0 saturated carbocycles. The maximum Gasteiger partial charge on any atom is 0.272 e. The standard InChI is InChI=1S/C14H18F2N2O3/c1-9(19)10-4-6-18(7-10)14(20)11-3-2-5-17-13(11)21-8-12(15)16/h2-3,5,9-10,12,19H,4,6-8H2,1H3. The second-order valence-corrected chi connectivity index (χ2v) is 5.10. The normalized spacial score (nSPS) is 19.9. The first kappa shape index (κ1) is 15.6. The van der Waals surface area contributed by atoms with E-state index in [0.717, 1.165) is 6.42 Å². The quantitative estimate of drug-likeness (QED) is 0.896. The molecule has 1 aromatic rings. The summed E-state index contributed by atoms with van der Waals surface area (Å²) in [7, 11) is 0. The van der Waals surface area contributed by atoms with Gasteiger partial charge in [0.05, 0.1) is 6.10 Å². The largest absolute Gasteiger partial charge is 0.471 e. The van der Waals surface area contributed by atoms with Gasteiger partial charge in [0, 0.05) is 25.2 Å². The van der Waals surface area contributed by atoms with Gasteiger partial charge in [0.1, 0.15) is 5.56 Å². The van der Waals surface area contributed by atoms with Crippen molar-refractivity contribution in [1.82, 2.24) is 9.88 Å². The minimum atomic E-state index is -2.62. The van der Waals surface area contributed by atoms with Gasteiger partial charge in [-0.1, -0.05) is 0 Å². The highest BCUT2D eigenvalue weighted by atomic mass is 19.3. The number of halogens is 2. The zero-order valence-corrected chi connectivity index (χ0v) is 11.7. The molecule has 0 radical (unpaired) electrons. The Hall–Kier alpha value is -1.76. The average molecular weight is 300 g/mol. The van der Waals surface area contributed by atoms with Gasteiger partial charge in [0.2, 0.25) is 5.88 Å². The lowest BCUT2D eigenvalue weighted by molar-refractivity contribution is 0.0707. The zero-order chi connectivity index (χ0) is 15.4. The molecule has 116 valence electrons. The molecule has 1 aliphatic rings. The molecule has 2 rings (SSSR count). The molecule has 1 N–H and O–H groups in total. The van der Waals surface area contributed by atoms with Crippen molar-refractivity contribution in [3.63, 3.8) is 0 Å². The van der Waals surface area contributed by atoms with E-state index in [4.69, 9.17) is 4.74 Å². The molecular weight excluding hydrogens is 282 g/mol. The lowest BCUT2D eigenvalue weighted by Crippen LogP contribution is -2.31. The Morgan fingerprint density at radius 3 is 3.00 bits per heavy atom. The van der Waals surface area contributed by atoms with Crippen LogP contribution in [0.1, 0.15) is 23.7 Å². The maximum atomic E-state index is 12.4. The SMILES string of the molecule is CC(O)C1CCN(C(=O)c2cccnc2OCC(F)F)C1. The highest BCUT2D eigenvalue weighted by Crippen LogP contribution is 2.24. The number of ether oxygens (including phenoxy) is 1. The van der Waals surface area contributed by atoms with Crippen LogP contribution in [-0.2, 0) is 0 Å². The number of aliphatic hydroxyl groups excluding tert-OH is 1. The predicted molar refractivity (Wildman–Crippen MR) is 71.4 cm³/mol. The van der Waals surface area contributed by atoms with Crippen molar-refractivity contribution in [2.45, 2.75) is 25.9 Å². The second kappa shape index (κ2) is 6.80. The van der Waals surface area contributed by atoms with Gasteiger partial charge >= 0.3 is 0 Å². The van der Waals surface area contributed by atoms with Crippen LogP contribution in [0, 0.1) is 5.92 Å². The van der Waals surface area contributed by atoms with Crippen LogP contribution in [0.2, 0.25) is 0 Å². The van der Waals surface area contributed by atoms with Gasteiger partial charge in [-0.3, -0.25) is 4.79 Å². The summed E-state index contributed by atoms with van der Waals surface area (Å²) in [5.74, 6) is -0.352. The number of alkyl halides is 2. The third-order valence-corrected chi connectivity index (χ3v) is 3.54. The molecular formula is C14H18F2N2O3. The van der Waals surface area contributed by atoms with E-state index in [1.807, 2.05) is 0 Å². The monoisotopic (exact) mass is 300 g/mol. The van der Waals surface area contributed by atoms with Crippen molar-refractivity contribution >= 4 is 5.91 Å². The van der Waals surface area contributed by atoms with Gasteiger partial charge < -0.3 is 14.7 Å². The number of nitrogens with zero attached hydrogens (tertiary/aromatic N) is 2. The number of rotatable bonds is 5. The Kier molecular flexibility index (Phi) is 5.06. The number of hydrogen-bond acceptors (Lipinski definition) is 4. The Morgan fingerprint density at radius 1 is 1.62 bits per heavy atom. The van der Waals surface area contributed by atoms with E-state index in [2.05, 4.69) is 4.98 Å². The molecule has 2 unspecified atom stereocenters. The fourth-order valence-corrected chi connectivity index (χ4v) is 2.35. The number of carbonyl (C=O) groups excluding carboxylic acids is 1. The second-order valence-electron chi connectivity index (χ2n) is 5.10. The molecule has 1 fully saturated rings. The van der Waals surface area contributed by atoms with Crippen LogP contribution in [0.4, 0.5) is 8.78 Å². The van der Waals surface area contributed by atoms with Crippen LogP contribution < -0.4 is 4.74 Å². The van der Waals surface area contributed by atoms with Crippen molar-refractivity contribution in [2.24, 2.45) is 5.92 Å². The molecule has 0 bridgehead atoms. The third kappa shape index (κ3) is 3.87. The molecule has 2 heterocycles. The summed E-state index contributed by atoms with van der Waals surface area (Å²) in [6.07, 6.45) is -0.996. The van der Waals surface area contributed by atoms with Crippen molar-refractivity contribution in [1.29, 1.82) is 0 Å². The number of carbonyl (C=O) groups is 1. The van der Waals surface area contributed by atoms with Crippen LogP contribution in [0.15, 0.2) is 18.3 Å². The first-order chi connectivity index (χ1) is 9.99. The van der Waals surface area contributed by atoms with E-state index < -0.39 is 19.1 Å². The lowest BCUT2D eigenvalue weighted by atomic mass is 10.0. The van der Waals surface area contributed by atoms with Gasteiger partial charge in [-0.25, -0.2) is 13.8 Å². The summed E-state index contributed by atoms with van der Waals surface area (Å²) in [5.41, 5.74) is 0.171. The lowest BCUT2D eigenvalue weighted by Gasteiger charge is -2.19. The zero-order valence-electron chi connectivity index (χ0n) is 11.7. The number of pyridine rings is 1. The summed E-state index contributed by atoms with van der Waals surface area (Å²) in [6.45, 7) is 1.87. The molecule has 7 heteroatoms. The maximum absolute atomic E-state index is 12.4. The molecule has 0 aromatic carbocycles. The van der Waals surface area contributed by atoms with Gasteiger partial charge in [-0.15, -0.1) is 0 Å². The van der Waals surface area contributed by atoms with Crippen LogP contribution in [-0.4, -0.2) is 53.1 Å². The van der Waals surface area contributed by atoms with E-state index in [1.54, 1.807) is 17.9 Å². The molecule has 2 atom stereocenters. The Labute approximate surface area is 121 Å². The van der Waals surface area contributed by atoms with E-state index in [1.165, 1.54) is 12.3 Å². The number of amides is 1. The fraction of sp³-hybridized carbons (Fsp3) is 0.571. The van der Waals surface area contributed by atoms with Gasteiger partial charge in [-0.2, -0.15) is 0 Å². The summed E-state index contributed by atoms with van der Waals surface area (Å²) in [5, 5.41) is 9.56. The van der Waals surface area contributed by atoms with E-state index in [0.29, 0.717) is 13.1 Å². The number of likely N-dealkylation sites (tertiary alicyclic amines) is 1. The Bertz CT molecular complexity index is 497. The average Bonchev–Trinajstić information content (AvgIpc) is 2.94. The van der Waals surface area contributed by atoms with Crippen LogP contribution in [0.25, 0.3) is 0 Å². The summed E-state index contributed by atoms with van der Waals surface area (Å²) in [4.78, 5) is 17.8. The van der Waals surface area contributed by atoms with Crippen molar-refractivity contribution < 1.29 is 23.4 Å². The van der Waals surface area contributed by atoms with Gasteiger partial charge in [0.15, 0.2) is 6.61 Å². The van der Waals surface area contributed by atoms with Crippen molar-refractivity contribution in [3.8, 4) is 5.88 Å². The first-order valence-corrected chi connectivity index (χ1v) is 6.82. The molecule has 1 aliphatic heterocycles. The van der Waals surface area contributed by atoms with E-state index in [9.17, 15) is 18.7 Å². The smallest absolute Gasteiger partial charge is 0.272 e. The molecule has 0 aliphatic carbocycles. The molecule has 0 spiro atoms.